The van der Waals surface area contributed by atoms with Gasteiger partial charge in [-0.15, -0.1) is 11.8 Å². The van der Waals surface area contributed by atoms with Crippen LogP contribution in [-0.2, 0) is 9.53 Å². The van der Waals surface area contributed by atoms with E-state index in [-0.39, 0.29) is 17.6 Å². The van der Waals surface area contributed by atoms with Gasteiger partial charge in [0, 0.05) is 18.0 Å². The van der Waals surface area contributed by atoms with Crippen LogP contribution in [0.2, 0.25) is 0 Å². The first-order valence-electron chi connectivity index (χ1n) is 7.50. The van der Waals surface area contributed by atoms with Crippen LogP contribution in [-0.4, -0.2) is 42.4 Å². The van der Waals surface area contributed by atoms with E-state index in [4.69, 9.17) is 4.74 Å². The van der Waals surface area contributed by atoms with Crippen LogP contribution < -0.4 is 5.32 Å². The normalized spacial score (nSPS) is 23.0. The number of ether oxygens (including phenoxy) is 1. The zero-order valence-corrected chi connectivity index (χ0v) is 13.4. The molecular formula is C16H22N2O2S. The first kappa shape index (κ1) is 14.9. The van der Waals surface area contributed by atoms with E-state index in [2.05, 4.69) is 35.8 Å². The third kappa shape index (κ3) is 2.82. The molecule has 21 heavy (non-hydrogen) atoms. The van der Waals surface area contributed by atoms with E-state index in [0.717, 1.165) is 18.4 Å². The van der Waals surface area contributed by atoms with Gasteiger partial charge in [-0.1, -0.05) is 12.1 Å². The van der Waals surface area contributed by atoms with Crippen LogP contribution in [0.5, 0.6) is 0 Å². The summed E-state index contributed by atoms with van der Waals surface area (Å²) in [6.45, 7) is 3.91. The van der Waals surface area contributed by atoms with Crippen LogP contribution in [0.4, 0.5) is 0 Å². The monoisotopic (exact) mass is 306 g/mol. The van der Waals surface area contributed by atoms with Gasteiger partial charge in [-0.2, -0.15) is 0 Å². The van der Waals surface area contributed by atoms with Crippen molar-refractivity contribution >= 4 is 17.7 Å². The quantitative estimate of drug-likeness (QED) is 0.647. The number of nitrogens with one attached hydrogen (secondary N) is 1. The van der Waals surface area contributed by atoms with Crippen molar-refractivity contribution in [2.24, 2.45) is 0 Å². The van der Waals surface area contributed by atoms with Gasteiger partial charge in [-0.3, -0.25) is 10.1 Å². The van der Waals surface area contributed by atoms with Crippen LogP contribution in [0, 0.1) is 0 Å². The Labute approximate surface area is 130 Å². The minimum Gasteiger partial charge on any atom is -0.380 e. The van der Waals surface area contributed by atoms with Gasteiger partial charge < -0.3 is 9.64 Å². The van der Waals surface area contributed by atoms with Gasteiger partial charge in [0.25, 0.3) is 0 Å². The molecule has 2 aliphatic rings. The number of carbonyl (C=O) groups excluding carboxylic acids is 1. The van der Waals surface area contributed by atoms with Gasteiger partial charge in [-0.05, 0) is 43.7 Å². The molecule has 1 atom stereocenters. The van der Waals surface area contributed by atoms with E-state index in [1.54, 1.807) is 11.8 Å². The second-order valence-electron chi connectivity index (χ2n) is 5.60. The van der Waals surface area contributed by atoms with Crippen molar-refractivity contribution in [2.75, 3.05) is 26.0 Å². The Kier molecular flexibility index (Phi) is 4.24. The highest BCUT2D eigenvalue weighted by Gasteiger charge is 2.59. The molecule has 0 radical (unpaired) electrons. The molecule has 0 bridgehead atoms. The highest BCUT2D eigenvalue weighted by atomic mass is 32.2. The number of nitrogens with zero attached hydrogens (tertiary/aromatic N) is 1. The number of amides is 1. The van der Waals surface area contributed by atoms with Gasteiger partial charge >= 0.3 is 0 Å². The lowest BCUT2D eigenvalue weighted by atomic mass is 10.1. The van der Waals surface area contributed by atoms with Gasteiger partial charge in [0.2, 0.25) is 5.91 Å². The number of carbonyl (C=O) groups is 1. The molecule has 1 heterocycles. The third-order valence-electron chi connectivity index (χ3n) is 4.26. The predicted molar refractivity (Wildman–Crippen MR) is 84.3 cm³/mol. The summed E-state index contributed by atoms with van der Waals surface area (Å²) in [5.41, 5.74) is 0.871. The van der Waals surface area contributed by atoms with E-state index >= 15 is 0 Å². The van der Waals surface area contributed by atoms with Crippen LogP contribution in [0.3, 0.4) is 0 Å². The lowest BCUT2D eigenvalue weighted by Gasteiger charge is -2.24. The maximum Gasteiger partial charge on any atom is 0.244 e. The molecule has 1 N–H and O–H groups in total. The van der Waals surface area contributed by atoms with E-state index < -0.39 is 0 Å². The molecule has 1 aliphatic carbocycles. The molecule has 1 saturated carbocycles. The van der Waals surface area contributed by atoms with Crippen LogP contribution >= 0.6 is 11.8 Å². The molecule has 1 aromatic carbocycles. The van der Waals surface area contributed by atoms with Crippen LogP contribution in [0.1, 0.15) is 31.5 Å². The number of hydrogen-bond acceptors (Lipinski definition) is 4. The molecule has 4 nitrogen and oxygen atoms in total. The van der Waals surface area contributed by atoms with Crippen LogP contribution in [0.25, 0.3) is 0 Å². The maximum absolute atomic E-state index is 12.6. The summed E-state index contributed by atoms with van der Waals surface area (Å²) in [7, 11) is 0. The van der Waals surface area contributed by atoms with Crippen molar-refractivity contribution in [1.29, 1.82) is 0 Å². The lowest BCUT2D eigenvalue weighted by molar-refractivity contribution is -0.131. The highest BCUT2D eigenvalue weighted by molar-refractivity contribution is 7.98. The first-order valence-corrected chi connectivity index (χ1v) is 8.73. The number of hydrogen-bond donors (Lipinski definition) is 1. The summed E-state index contributed by atoms with van der Waals surface area (Å²) >= 11 is 1.73. The lowest BCUT2D eigenvalue weighted by Crippen LogP contribution is -2.34. The molecule has 1 aliphatic heterocycles. The predicted octanol–water partition coefficient (Wildman–Crippen LogP) is 2.41. The fourth-order valence-electron chi connectivity index (χ4n) is 2.86. The standard InChI is InChI=1S/C16H22N2O2S/c1-3-20-11-10-18-14(17-16(8-9-16)15(18)19)12-4-6-13(21-2)7-5-12/h4-7,14,17H,3,8-11H2,1-2H3. The van der Waals surface area contributed by atoms with Crippen molar-refractivity contribution in [3.05, 3.63) is 29.8 Å². The molecular weight excluding hydrogens is 284 g/mol. The smallest absolute Gasteiger partial charge is 0.244 e. The Hall–Kier alpha value is -1.04. The number of rotatable bonds is 6. The second kappa shape index (κ2) is 5.99. The molecule has 3 rings (SSSR count). The van der Waals surface area contributed by atoms with Crippen molar-refractivity contribution in [3.63, 3.8) is 0 Å². The molecule has 1 unspecified atom stereocenters. The molecule has 1 aromatic rings. The average molecular weight is 306 g/mol. The molecule has 5 heteroatoms. The first-order chi connectivity index (χ1) is 10.2. The Bertz CT molecular complexity index is 514. The molecule has 1 amide bonds. The van der Waals surface area contributed by atoms with Crippen molar-refractivity contribution < 1.29 is 9.53 Å². The molecule has 1 spiro atoms. The third-order valence-corrected chi connectivity index (χ3v) is 5.00. The van der Waals surface area contributed by atoms with Crippen LogP contribution in [0.15, 0.2) is 29.2 Å². The maximum atomic E-state index is 12.6. The fourth-order valence-corrected chi connectivity index (χ4v) is 3.27. The second-order valence-corrected chi connectivity index (χ2v) is 6.48. The molecule has 2 fully saturated rings. The van der Waals surface area contributed by atoms with Gasteiger partial charge in [0.1, 0.15) is 11.7 Å². The molecule has 0 aromatic heterocycles. The van der Waals surface area contributed by atoms with E-state index in [1.807, 2.05) is 11.8 Å². The Balaban J connectivity index is 1.78. The molecule has 1 saturated heterocycles. The zero-order valence-electron chi connectivity index (χ0n) is 12.6. The summed E-state index contributed by atoms with van der Waals surface area (Å²) in [5, 5.41) is 3.54. The van der Waals surface area contributed by atoms with E-state index in [9.17, 15) is 4.79 Å². The average Bonchev–Trinajstić information content (AvgIpc) is 3.25. The summed E-state index contributed by atoms with van der Waals surface area (Å²) in [5.74, 6) is 0.237. The Morgan fingerprint density at radius 1 is 1.38 bits per heavy atom. The summed E-state index contributed by atoms with van der Waals surface area (Å²) in [6, 6.07) is 8.47. The summed E-state index contributed by atoms with van der Waals surface area (Å²) in [4.78, 5) is 15.8. The highest BCUT2D eigenvalue weighted by Crippen LogP contribution is 2.45. The topological polar surface area (TPSA) is 41.6 Å². The SMILES string of the molecule is CCOCCN1C(=O)C2(CC2)NC1c1ccc(SC)cc1. The largest absolute Gasteiger partial charge is 0.380 e. The zero-order chi connectivity index (χ0) is 14.9. The molecule has 114 valence electrons. The van der Waals surface area contributed by atoms with Gasteiger partial charge in [0.15, 0.2) is 0 Å². The van der Waals surface area contributed by atoms with Gasteiger partial charge in [-0.25, -0.2) is 0 Å². The minimum atomic E-state index is -0.283. The Morgan fingerprint density at radius 2 is 2.10 bits per heavy atom. The fraction of sp³-hybridized carbons (Fsp3) is 0.562. The van der Waals surface area contributed by atoms with Gasteiger partial charge in [0.05, 0.1) is 6.61 Å². The number of thioether (sulfide) groups is 1. The Morgan fingerprint density at radius 3 is 2.67 bits per heavy atom. The minimum absolute atomic E-state index is 0.0173. The van der Waals surface area contributed by atoms with E-state index in [0.29, 0.717) is 19.8 Å². The summed E-state index contributed by atoms with van der Waals surface area (Å²) < 4.78 is 5.43. The summed E-state index contributed by atoms with van der Waals surface area (Å²) in [6.07, 6.45) is 3.96. The van der Waals surface area contributed by atoms with E-state index in [1.165, 1.54) is 4.90 Å². The van der Waals surface area contributed by atoms with Crippen molar-refractivity contribution in [2.45, 2.75) is 36.4 Å². The van der Waals surface area contributed by atoms with Crippen molar-refractivity contribution in [3.8, 4) is 0 Å². The number of benzene rings is 1. The van der Waals surface area contributed by atoms with Crippen molar-refractivity contribution in [1.82, 2.24) is 10.2 Å².